The van der Waals surface area contributed by atoms with Crippen molar-refractivity contribution >= 4 is 39.5 Å². The maximum Gasteiger partial charge on any atom is 0.472 e. The van der Waals surface area contributed by atoms with E-state index in [4.69, 9.17) is 37.0 Å². The number of carbonyl (C=O) groups excluding carboxylic acids is 4. The van der Waals surface area contributed by atoms with Crippen LogP contribution >= 0.6 is 15.6 Å². The first-order chi connectivity index (χ1) is 47.3. The molecule has 0 saturated carbocycles. The van der Waals surface area contributed by atoms with Gasteiger partial charge >= 0.3 is 39.5 Å². The van der Waals surface area contributed by atoms with Crippen molar-refractivity contribution in [3.05, 3.63) is 24.3 Å². The minimum Gasteiger partial charge on any atom is -0.462 e. The van der Waals surface area contributed by atoms with E-state index in [-0.39, 0.29) is 25.7 Å². The fraction of sp³-hybridized carbons (Fsp3) is 0.899. The monoisotopic (exact) mass is 1430 g/mol. The highest BCUT2D eigenvalue weighted by molar-refractivity contribution is 7.47. The summed E-state index contributed by atoms with van der Waals surface area (Å²) < 4.78 is 68.6. The Morgan fingerprint density at radius 2 is 0.602 bits per heavy atom. The zero-order valence-electron chi connectivity index (χ0n) is 63.7. The molecular weight excluding hydrogens is 1280 g/mol. The number of aliphatic hydroxyl groups excluding tert-OH is 1. The van der Waals surface area contributed by atoms with E-state index in [0.29, 0.717) is 25.7 Å². The Kier molecular flexibility index (Phi) is 67.2. The van der Waals surface area contributed by atoms with E-state index in [1.165, 1.54) is 173 Å². The molecule has 17 nitrogen and oxygen atoms in total. The second-order valence-corrected chi connectivity index (χ2v) is 31.6. The SMILES string of the molecule is CCCCCC/C=C\C=C/CCCCCCCC(=O)O[C@H](COC(=O)CCCCCCCCC(C)CC)COP(=O)(O)OC[C@H](O)COP(=O)(O)OC[C@@H](COC(=O)CCCCCCCCCCCCC(C)CC)OC(=O)CCCCCCCCCCCCCCCCCCC(C)C. The highest BCUT2D eigenvalue weighted by Crippen LogP contribution is 2.45. The molecule has 0 aromatic carbocycles. The standard InChI is InChI=1S/C79H150O17P2/c1-8-11-12-13-14-15-16-17-20-24-27-34-39-48-55-63-79(84)96-75(67-90-77(82)61-54-47-42-41-45-52-59-72(7)10-3)69-94-98(87,88)92-65-73(80)64-91-97(85,86)93-68-74(66-89-76(81)60-53-46-38-33-30-29-32-37-44-51-58-71(6)9-2)95-78(83)62-56-49-40-35-28-25-22-19-18-21-23-26-31-36-43-50-57-70(4)5/h15-17,20,70-75,80H,8-14,18-19,21-69H2,1-7H3,(H,85,86)(H,87,88)/b16-15-,20-17-/t71?,72?,73-,74-,75-/m1/s1. The van der Waals surface area contributed by atoms with Crippen LogP contribution in [0.25, 0.3) is 0 Å². The Bertz CT molecular complexity index is 2000. The Hall–Kier alpha value is -2.46. The maximum atomic E-state index is 13.1. The molecule has 0 fully saturated rings. The summed E-state index contributed by atoms with van der Waals surface area (Å²) in [6, 6.07) is 0. The molecule has 98 heavy (non-hydrogen) atoms. The van der Waals surface area contributed by atoms with Gasteiger partial charge < -0.3 is 33.8 Å². The minimum absolute atomic E-state index is 0.0839. The van der Waals surface area contributed by atoms with Crippen LogP contribution in [0.4, 0.5) is 0 Å². The van der Waals surface area contributed by atoms with Gasteiger partial charge in [0.2, 0.25) is 0 Å². The van der Waals surface area contributed by atoms with Gasteiger partial charge in [-0.3, -0.25) is 37.3 Å². The molecule has 0 aromatic heterocycles. The molecule has 0 amide bonds. The molecule has 0 aliphatic carbocycles. The van der Waals surface area contributed by atoms with Crippen LogP contribution in [0.15, 0.2) is 24.3 Å². The summed E-state index contributed by atoms with van der Waals surface area (Å²) >= 11 is 0. The lowest BCUT2D eigenvalue weighted by atomic mass is 9.99. The maximum absolute atomic E-state index is 13.1. The summed E-state index contributed by atoms with van der Waals surface area (Å²) in [5.74, 6) is 0.198. The summed E-state index contributed by atoms with van der Waals surface area (Å²) in [4.78, 5) is 72.9. The number of rotatable bonds is 75. The van der Waals surface area contributed by atoms with Crippen molar-refractivity contribution in [2.24, 2.45) is 17.8 Å². The van der Waals surface area contributed by atoms with E-state index >= 15 is 0 Å². The Labute approximate surface area is 599 Å². The average Bonchev–Trinajstić information content (AvgIpc) is 1.08. The van der Waals surface area contributed by atoms with Crippen LogP contribution in [-0.2, 0) is 65.4 Å². The molecule has 0 rings (SSSR count). The third kappa shape index (κ3) is 69.3. The summed E-state index contributed by atoms with van der Waals surface area (Å²) in [6.45, 7) is 11.9. The van der Waals surface area contributed by atoms with E-state index in [1.54, 1.807) is 0 Å². The summed E-state index contributed by atoms with van der Waals surface area (Å²) in [6.07, 6.45) is 59.0. The summed E-state index contributed by atoms with van der Waals surface area (Å²) in [5, 5.41) is 10.6. The molecule has 0 aromatic rings. The molecule has 0 radical (unpaired) electrons. The first kappa shape index (κ1) is 95.5. The smallest absolute Gasteiger partial charge is 0.462 e. The Morgan fingerprint density at radius 1 is 0.337 bits per heavy atom. The largest absolute Gasteiger partial charge is 0.472 e. The lowest BCUT2D eigenvalue weighted by Crippen LogP contribution is -2.30. The number of unbranched alkanes of at least 4 members (excludes halogenated alkanes) is 38. The van der Waals surface area contributed by atoms with Crippen LogP contribution < -0.4 is 0 Å². The molecule has 0 aliphatic rings. The third-order valence-corrected chi connectivity index (χ3v) is 20.4. The minimum atomic E-state index is -4.97. The van der Waals surface area contributed by atoms with Gasteiger partial charge in [-0.05, 0) is 69.1 Å². The molecule has 7 atom stereocenters. The van der Waals surface area contributed by atoms with Gasteiger partial charge in [-0.2, -0.15) is 0 Å². The van der Waals surface area contributed by atoms with Gasteiger partial charge in [0.15, 0.2) is 12.2 Å². The Balaban J connectivity index is 5.28. The number of aliphatic hydroxyl groups is 1. The molecule has 0 bridgehead atoms. The highest BCUT2D eigenvalue weighted by atomic mass is 31.2. The van der Waals surface area contributed by atoms with E-state index in [0.717, 1.165) is 127 Å². The lowest BCUT2D eigenvalue weighted by Gasteiger charge is -2.21. The average molecular weight is 1430 g/mol. The van der Waals surface area contributed by atoms with Crippen molar-refractivity contribution in [3.8, 4) is 0 Å². The van der Waals surface area contributed by atoms with E-state index in [1.807, 2.05) is 0 Å². The molecule has 0 saturated heterocycles. The van der Waals surface area contributed by atoms with Crippen LogP contribution in [0.1, 0.15) is 382 Å². The van der Waals surface area contributed by atoms with Crippen LogP contribution in [0, 0.1) is 17.8 Å². The van der Waals surface area contributed by atoms with Gasteiger partial charge in [0.25, 0.3) is 0 Å². The molecular formula is C79H150O17P2. The fourth-order valence-corrected chi connectivity index (χ4v) is 13.1. The summed E-state index contributed by atoms with van der Waals surface area (Å²) in [5.41, 5.74) is 0. The topological polar surface area (TPSA) is 237 Å². The van der Waals surface area contributed by atoms with Crippen molar-refractivity contribution in [2.45, 2.75) is 401 Å². The second kappa shape index (κ2) is 68.9. The Morgan fingerprint density at radius 3 is 0.908 bits per heavy atom. The molecule has 0 aliphatic heterocycles. The van der Waals surface area contributed by atoms with Crippen molar-refractivity contribution in [2.75, 3.05) is 39.6 Å². The third-order valence-electron chi connectivity index (χ3n) is 18.5. The molecule has 4 unspecified atom stereocenters. The van der Waals surface area contributed by atoms with Crippen LogP contribution in [0.3, 0.4) is 0 Å². The van der Waals surface area contributed by atoms with Gasteiger partial charge in [-0.25, -0.2) is 9.13 Å². The van der Waals surface area contributed by atoms with Gasteiger partial charge in [0.1, 0.15) is 19.3 Å². The highest BCUT2D eigenvalue weighted by Gasteiger charge is 2.30. The van der Waals surface area contributed by atoms with Gasteiger partial charge in [-0.1, -0.05) is 330 Å². The van der Waals surface area contributed by atoms with Gasteiger partial charge in [0.05, 0.1) is 26.4 Å². The molecule has 19 heteroatoms. The molecule has 0 spiro atoms. The van der Waals surface area contributed by atoms with Crippen molar-refractivity contribution in [1.29, 1.82) is 0 Å². The van der Waals surface area contributed by atoms with Crippen LogP contribution in [-0.4, -0.2) is 96.7 Å². The number of phosphoric ester groups is 2. The van der Waals surface area contributed by atoms with Crippen molar-refractivity contribution < 1.29 is 80.2 Å². The number of hydrogen-bond donors (Lipinski definition) is 3. The lowest BCUT2D eigenvalue weighted by molar-refractivity contribution is -0.161. The second-order valence-electron chi connectivity index (χ2n) is 28.7. The number of phosphoric acid groups is 2. The molecule has 3 N–H and O–H groups in total. The fourth-order valence-electron chi connectivity index (χ4n) is 11.5. The van der Waals surface area contributed by atoms with Crippen LogP contribution in [0.2, 0.25) is 0 Å². The quantitative estimate of drug-likeness (QED) is 0.0169. The van der Waals surface area contributed by atoms with Crippen molar-refractivity contribution in [1.82, 2.24) is 0 Å². The van der Waals surface area contributed by atoms with E-state index < -0.39 is 97.5 Å². The number of ether oxygens (including phenoxy) is 4. The van der Waals surface area contributed by atoms with E-state index in [2.05, 4.69) is 72.8 Å². The van der Waals surface area contributed by atoms with Gasteiger partial charge in [-0.15, -0.1) is 0 Å². The molecule has 0 heterocycles. The van der Waals surface area contributed by atoms with Crippen molar-refractivity contribution in [3.63, 3.8) is 0 Å². The summed E-state index contributed by atoms with van der Waals surface area (Å²) in [7, 11) is -9.93. The number of hydrogen-bond acceptors (Lipinski definition) is 15. The predicted molar refractivity (Wildman–Crippen MR) is 400 cm³/mol. The van der Waals surface area contributed by atoms with Gasteiger partial charge in [0, 0.05) is 25.7 Å². The van der Waals surface area contributed by atoms with Crippen LogP contribution in [0.5, 0.6) is 0 Å². The number of esters is 4. The first-order valence-corrected chi connectivity index (χ1v) is 43.2. The number of carbonyl (C=O) groups is 4. The predicted octanol–water partition coefficient (Wildman–Crippen LogP) is 22.9. The normalized spacial score (nSPS) is 14.7. The first-order valence-electron chi connectivity index (χ1n) is 40.2. The zero-order valence-corrected chi connectivity index (χ0v) is 65.5. The zero-order chi connectivity index (χ0) is 72.3. The molecule has 578 valence electrons. The number of allylic oxidation sites excluding steroid dienone is 4. The van der Waals surface area contributed by atoms with E-state index in [9.17, 15) is 43.2 Å².